The van der Waals surface area contributed by atoms with Gasteiger partial charge in [0.1, 0.15) is 31.1 Å². The van der Waals surface area contributed by atoms with Crippen molar-refractivity contribution in [1.29, 1.82) is 0 Å². The van der Waals surface area contributed by atoms with Gasteiger partial charge in [-0.3, -0.25) is 19.5 Å². The average Bonchev–Trinajstić information content (AvgIpc) is 4.21. The fourth-order valence-electron chi connectivity index (χ4n) is 21.7. The van der Waals surface area contributed by atoms with Gasteiger partial charge in [0.25, 0.3) is 0 Å². The van der Waals surface area contributed by atoms with E-state index in [9.17, 15) is 19.8 Å². The highest BCUT2D eigenvalue weighted by atomic mass is 79.9. The Hall–Kier alpha value is -1.00. The molecular formula is C61H101BrN4O8. The second-order valence-electron chi connectivity index (χ2n) is 28.0. The van der Waals surface area contributed by atoms with E-state index in [0.29, 0.717) is 46.6 Å². The Balaban J connectivity index is 0.000000168. The molecule has 8 aliphatic carbocycles. The van der Waals surface area contributed by atoms with E-state index in [1.54, 1.807) is 6.92 Å². The van der Waals surface area contributed by atoms with Crippen molar-refractivity contribution in [2.24, 2.45) is 69.0 Å². The summed E-state index contributed by atoms with van der Waals surface area (Å²) in [6.45, 7) is 29.0. The standard InChI is InChI=1S/C32H53N2O4.C29H48N2O4.BrH/c1-4-13-34(14-5-6-15-34)28-21-26-24-8-7-23-20-29(36)27(33-11-17-37-18-12-33)22-32(23,3)25(24)9-10-31(26,2)30(28)38-19-16-35;1-19(32)35-27-24(30-10-4-5-11-30)17-23-21-7-6-20-16-26(33)25(31-12-14-34-15-13-31)18-29(20,3)22(21)8-9-28(23,27)2;/h4,16,23-30,36H,1,5-15,17-22H2,2-3H3;20-27,33H,4-18H2,1-3H3;1H/q+1;;/p-1/t23?,24?,25?,26?,27-,28?,29-,30-,31-,32-;20?,21?,22?,23?,24?,25-,26-,27-,28-,29-;/m00./s1. The molecule has 0 spiro atoms. The Morgan fingerprint density at radius 3 is 1.61 bits per heavy atom. The molecule has 4 aliphatic heterocycles. The molecule has 8 saturated carbocycles. The maximum atomic E-state index is 12.2. The lowest BCUT2D eigenvalue weighted by molar-refractivity contribution is -0.938. The smallest absolute Gasteiger partial charge is 0.302 e. The molecule has 2 N–H and O–H groups in total. The highest BCUT2D eigenvalue weighted by molar-refractivity contribution is 5.66. The van der Waals surface area contributed by atoms with Gasteiger partial charge in [0.15, 0.2) is 0 Å². The number of hydrogen-bond acceptors (Lipinski definition) is 11. The number of aliphatic hydroxyl groups excluding tert-OH is 2. The first-order valence-electron chi connectivity index (χ1n) is 30.6. The molecule has 20 atom stereocenters. The number of aliphatic hydroxyl groups is 2. The Kier molecular flexibility index (Phi) is 17.1. The van der Waals surface area contributed by atoms with Crippen LogP contribution in [-0.4, -0.2) is 182 Å². The number of quaternary nitrogens is 1. The summed E-state index contributed by atoms with van der Waals surface area (Å²) in [6, 6.07) is 1.43. The summed E-state index contributed by atoms with van der Waals surface area (Å²) in [4.78, 5) is 31.5. The van der Waals surface area contributed by atoms with Crippen molar-refractivity contribution in [2.75, 3.05) is 91.9 Å². The van der Waals surface area contributed by atoms with E-state index in [-0.39, 0.29) is 76.9 Å². The highest BCUT2D eigenvalue weighted by Crippen LogP contribution is 2.69. The van der Waals surface area contributed by atoms with Crippen molar-refractivity contribution >= 4 is 12.3 Å². The molecule has 12 aliphatic rings. The Morgan fingerprint density at radius 1 is 0.635 bits per heavy atom. The summed E-state index contributed by atoms with van der Waals surface area (Å²) in [5, 5.41) is 22.5. The number of esters is 1. The van der Waals surface area contributed by atoms with Crippen LogP contribution in [0, 0.1) is 69.0 Å². The van der Waals surface area contributed by atoms with Gasteiger partial charge in [-0.25, -0.2) is 0 Å². The first-order valence-corrected chi connectivity index (χ1v) is 30.6. The maximum absolute atomic E-state index is 12.2. The minimum Gasteiger partial charge on any atom is -1.00 e. The van der Waals surface area contributed by atoms with Crippen LogP contribution in [-0.2, 0) is 28.5 Å². The van der Waals surface area contributed by atoms with Crippen LogP contribution < -0.4 is 17.0 Å². The minimum atomic E-state index is -0.202. The Morgan fingerprint density at radius 2 is 1.12 bits per heavy atom. The highest BCUT2D eigenvalue weighted by Gasteiger charge is 2.68. The molecule has 0 radical (unpaired) electrons. The Labute approximate surface area is 457 Å². The number of carbonyl (C=O) groups is 2. The van der Waals surface area contributed by atoms with Crippen molar-refractivity contribution in [2.45, 2.75) is 199 Å². The van der Waals surface area contributed by atoms with E-state index in [1.807, 2.05) is 0 Å². The van der Waals surface area contributed by atoms with E-state index in [2.05, 4.69) is 55.0 Å². The van der Waals surface area contributed by atoms with Gasteiger partial charge in [0, 0.05) is 81.3 Å². The molecule has 0 amide bonds. The predicted molar refractivity (Wildman–Crippen MR) is 283 cm³/mol. The van der Waals surface area contributed by atoms with Crippen LogP contribution in [0.1, 0.15) is 150 Å². The van der Waals surface area contributed by atoms with E-state index in [4.69, 9.17) is 18.9 Å². The SMILES string of the molecule is C=CC[N+]1(C2CC3C4CCC5C[C@H](O)[C@@H](N6CCOCC6)C[C@]5(C)C4CC[C@]3(C)[C@H]2OCC=O)CCCC1.CC(=O)O[C@H]1C(N2CCCC2)CC2C3CCC4C[C@H](O)[C@@H](N5CCOCC5)C[C@]4(C)C3CC[C@@]21C.[Br-]. The molecule has 12 rings (SSSR count). The summed E-state index contributed by atoms with van der Waals surface area (Å²) >= 11 is 0. The number of morpholine rings is 2. The summed E-state index contributed by atoms with van der Waals surface area (Å²) in [6.07, 6.45) is 24.7. The van der Waals surface area contributed by atoms with Crippen molar-refractivity contribution in [3.63, 3.8) is 0 Å². The molecule has 4 heterocycles. The quantitative estimate of drug-likeness (QED) is 0.136. The van der Waals surface area contributed by atoms with Crippen LogP contribution >= 0.6 is 0 Å². The largest absolute Gasteiger partial charge is 1.00 e. The third kappa shape index (κ3) is 9.74. The van der Waals surface area contributed by atoms with Crippen LogP contribution in [0.5, 0.6) is 0 Å². The third-order valence-corrected chi connectivity index (χ3v) is 25.2. The van der Waals surface area contributed by atoms with Crippen LogP contribution in [0.4, 0.5) is 0 Å². The monoisotopic (exact) mass is 1100 g/mol. The van der Waals surface area contributed by atoms with Gasteiger partial charge in [-0.15, -0.1) is 0 Å². The molecule has 4 saturated heterocycles. The van der Waals surface area contributed by atoms with Crippen LogP contribution in [0.2, 0.25) is 0 Å². The van der Waals surface area contributed by atoms with Gasteiger partial charge in [0.05, 0.1) is 58.3 Å². The van der Waals surface area contributed by atoms with Gasteiger partial charge in [-0.05, 0) is 174 Å². The summed E-state index contributed by atoms with van der Waals surface area (Å²) in [7, 11) is 0. The lowest BCUT2D eigenvalue weighted by Crippen LogP contribution is -3.00. The zero-order valence-corrected chi connectivity index (χ0v) is 48.3. The zero-order chi connectivity index (χ0) is 50.9. The number of nitrogens with zero attached hydrogens (tertiary/aromatic N) is 4. The lowest BCUT2D eigenvalue weighted by Gasteiger charge is -2.62. The number of hydrogen-bond donors (Lipinski definition) is 2. The van der Waals surface area contributed by atoms with E-state index >= 15 is 0 Å². The molecule has 420 valence electrons. The molecule has 10 unspecified atom stereocenters. The number of likely N-dealkylation sites (tertiary alicyclic amines) is 2. The molecule has 0 aromatic heterocycles. The number of ether oxygens (including phenoxy) is 4. The van der Waals surface area contributed by atoms with Crippen LogP contribution in [0.3, 0.4) is 0 Å². The van der Waals surface area contributed by atoms with Gasteiger partial charge in [0.2, 0.25) is 0 Å². The number of halogens is 1. The van der Waals surface area contributed by atoms with E-state index in [0.717, 1.165) is 132 Å². The first kappa shape index (κ1) is 56.3. The van der Waals surface area contributed by atoms with Crippen LogP contribution in [0.25, 0.3) is 0 Å². The maximum Gasteiger partial charge on any atom is 0.302 e. The number of carbonyl (C=O) groups excluding carboxylic acids is 2. The molecule has 13 heteroatoms. The summed E-state index contributed by atoms with van der Waals surface area (Å²) < 4.78 is 25.2. The second kappa shape index (κ2) is 22.5. The molecule has 0 aromatic rings. The van der Waals surface area contributed by atoms with Gasteiger partial charge in [-0.2, -0.15) is 0 Å². The number of fused-ring (bicyclic) bond motifs is 10. The zero-order valence-electron chi connectivity index (χ0n) is 46.7. The van der Waals surface area contributed by atoms with Crippen LogP contribution in [0.15, 0.2) is 12.7 Å². The topological polar surface area (TPSA) is 121 Å². The molecule has 0 aromatic carbocycles. The van der Waals surface area contributed by atoms with Crippen molar-refractivity contribution in [1.82, 2.24) is 14.7 Å². The number of rotatable bonds is 10. The lowest BCUT2D eigenvalue weighted by atomic mass is 9.44. The van der Waals surface area contributed by atoms with Crippen molar-refractivity contribution in [3.05, 3.63) is 12.7 Å². The molecule has 74 heavy (non-hydrogen) atoms. The predicted octanol–water partition coefficient (Wildman–Crippen LogP) is 4.77. The summed E-state index contributed by atoms with van der Waals surface area (Å²) in [5.74, 6) is 5.39. The van der Waals surface area contributed by atoms with Crippen molar-refractivity contribution < 1.29 is 60.2 Å². The van der Waals surface area contributed by atoms with Gasteiger partial charge < -0.3 is 55.4 Å². The fourth-order valence-corrected chi connectivity index (χ4v) is 21.7. The molecule has 0 bridgehead atoms. The Bertz CT molecular complexity index is 1940. The van der Waals surface area contributed by atoms with Gasteiger partial charge >= 0.3 is 5.97 Å². The van der Waals surface area contributed by atoms with Crippen molar-refractivity contribution in [3.8, 4) is 0 Å². The fraction of sp³-hybridized carbons (Fsp3) is 0.934. The average molecular weight is 1100 g/mol. The third-order valence-electron chi connectivity index (χ3n) is 25.2. The molecule has 12 nitrogen and oxygen atoms in total. The molecule has 12 fully saturated rings. The summed E-state index contributed by atoms with van der Waals surface area (Å²) in [5.41, 5.74) is 0.839. The number of aldehydes is 1. The normalized spacial score (nSPS) is 49.0. The van der Waals surface area contributed by atoms with E-state index in [1.165, 1.54) is 103 Å². The second-order valence-corrected chi connectivity index (χ2v) is 28.0. The van der Waals surface area contributed by atoms with Gasteiger partial charge in [-0.1, -0.05) is 34.3 Å². The minimum absolute atomic E-state index is 0. The van der Waals surface area contributed by atoms with E-state index < -0.39 is 0 Å². The molecular weight excluding hydrogens is 997 g/mol. The first-order chi connectivity index (χ1) is 35.2.